The summed E-state index contributed by atoms with van der Waals surface area (Å²) >= 11 is 0. The van der Waals surface area contributed by atoms with E-state index in [1.54, 1.807) is 0 Å². The van der Waals surface area contributed by atoms with E-state index >= 15 is 0 Å². The van der Waals surface area contributed by atoms with E-state index in [0.29, 0.717) is 0 Å². The summed E-state index contributed by atoms with van der Waals surface area (Å²) in [4.78, 5) is 44.0. The second-order valence-electron chi connectivity index (χ2n) is 4.54. The predicted octanol–water partition coefficient (Wildman–Crippen LogP) is 0.124. The highest BCUT2D eigenvalue weighted by Gasteiger charge is 2.18. The average molecular weight is 338 g/mol. The minimum atomic E-state index is -0.898. The molecule has 10 nitrogen and oxygen atoms in total. The molecule has 0 saturated carbocycles. The van der Waals surface area contributed by atoms with Gasteiger partial charge in [-0.15, -0.1) is 0 Å². The molecule has 0 fully saturated rings. The summed E-state index contributed by atoms with van der Waals surface area (Å²) in [6, 6.07) is 2.62. The standard InChI is InChI=1S/C13H11FN4O6/c14-8-2-1-7(18(22)23)5-10(8)15-12(20)6-24-13(21)9-3-4-11(19)17-16-9/h1-3,5,16H,4,6H2,(H,15,20)(H,17,19). The van der Waals surface area contributed by atoms with Gasteiger partial charge in [-0.25, -0.2) is 9.18 Å². The Morgan fingerprint density at radius 2 is 2.12 bits per heavy atom. The Morgan fingerprint density at radius 3 is 2.75 bits per heavy atom. The molecule has 2 rings (SSSR count). The van der Waals surface area contributed by atoms with Gasteiger partial charge in [-0.05, 0) is 12.1 Å². The summed E-state index contributed by atoms with van der Waals surface area (Å²) in [7, 11) is 0. The van der Waals surface area contributed by atoms with E-state index in [1.807, 2.05) is 0 Å². The molecule has 1 aliphatic rings. The number of non-ortho nitro benzene ring substituents is 1. The molecule has 1 heterocycles. The van der Waals surface area contributed by atoms with Gasteiger partial charge in [0.2, 0.25) is 5.91 Å². The SMILES string of the molecule is O=C1CC=C(C(=O)OCC(=O)Nc2cc([N+](=O)[O-])ccc2F)NN1. The van der Waals surface area contributed by atoms with Crippen LogP contribution in [-0.2, 0) is 19.1 Å². The van der Waals surface area contributed by atoms with Crippen molar-refractivity contribution in [2.75, 3.05) is 11.9 Å². The van der Waals surface area contributed by atoms with Crippen LogP contribution in [0.5, 0.6) is 0 Å². The Labute approximate surface area is 133 Å². The second kappa shape index (κ2) is 7.17. The lowest BCUT2D eigenvalue weighted by atomic mass is 10.2. The maximum absolute atomic E-state index is 13.5. The summed E-state index contributed by atoms with van der Waals surface area (Å²) in [5, 5.41) is 12.7. The summed E-state index contributed by atoms with van der Waals surface area (Å²) < 4.78 is 18.2. The molecule has 1 aromatic rings. The minimum absolute atomic E-state index is 0.0253. The van der Waals surface area contributed by atoms with Crippen LogP contribution in [0.3, 0.4) is 0 Å². The highest BCUT2D eigenvalue weighted by molar-refractivity contribution is 5.96. The first-order valence-electron chi connectivity index (χ1n) is 6.52. The van der Waals surface area contributed by atoms with Crippen molar-refractivity contribution in [1.29, 1.82) is 0 Å². The van der Waals surface area contributed by atoms with Gasteiger partial charge >= 0.3 is 5.97 Å². The van der Waals surface area contributed by atoms with Crippen LogP contribution in [0.25, 0.3) is 0 Å². The van der Waals surface area contributed by atoms with E-state index in [9.17, 15) is 28.9 Å². The number of hydrazine groups is 1. The Morgan fingerprint density at radius 1 is 1.38 bits per heavy atom. The van der Waals surface area contributed by atoms with Crippen LogP contribution in [0, 0.1) is 15.9 Å². The molecule has 0 atom stereocenters. The third-order valence-electron chi connectivity index (χ3n) is 2.82. The molecule has 0 aromatic heterocycles. The number of ether oxygens (including phenoxy) is 1. The van der Waals surface area contributed by atoms with Gasteiger partial charge in [-0.2, -0.15) is 0 Å². The van der Waals surface area contributed by atoms with Gasteiger partial charge in [0.15, 0.2) is 6.61 Å². The van der Waals surface area contributed by atoms with Crippen molar-refractivity contribution >= 4 is 29.2 Å². The van der Waals surface area contributed by atoms with Crippen LogP contribution < -0.4 is 16.2 Å². The van der Waals surface area contributed by atoms with Crippen molar-refractivity contribution in [3.05, 3.63) is 45.9 Å². The van der Waals surface area contributed by atoms with Gasteiger partial charge < -0.3 is 10.1 Å². The molecule has 0 radical (unpaired) electrons. The predicted molar refractivity (Wildman–Crippen MR) is 76.6 cm³/mol. The number of rotatable bonds is 5. The largest absolute Gasteiger partial charge is 0.451 e. The monoisotopic (exact) mass is 338 g/mol. The quantitative estimate of drug-likeness (QED) is 0.393. The van der Waals surface area contributed by atoms with Crippen LogP contribution in [0.4, 0.5) is 15.8 Å². The minimum Gasteiger partial charge on any atom is -0.451 e. The van der Waals surface area contributed by atoms with Crippen molar-refractivity contribution in [3.8, 4) is 0 Å². The Hall–Kier alpha value is -3.50. The fourth-order valence-corrected chi connectivity index (χ4v) is 1.69. The molecule has 3 N–H and O–H groups in total. The number of nitrogens with one attached hydrogen (secondary N) is 3. The van der Waals surface area contributed by atoms with E-state index in [2.05, 4.69) is 20.9 Å². The van der Waals surface area contributed by atoms with Crippen LogP contribution in [0.15, 0.2) is 30.0 Å². The van der Waals surface area contributed by atoms with E-state index in [1.165, 1.54) is 6.08 Å². The van der Waals surface area contributed by atoms with Crippen molar-refractivity contribution in [2.24, 2.45) is 0 Å². The number of nitro groups is 1. The lowest BCUT2D eigenvalue weighted by molar-refractivity contribution is -0.384. The van der Waals surface area contributed by atoms with Gasteiger partial charge in [-0.3, -0.25) is 30.6 Å². The summed E-state index contributed by atoms with van der Waals surface area (Å²) in [6.45, 7) is -0.742. The van der Waals surface area contributed by atoms with Crippen molar-refractivity contribution < 1.29 is 28.4 Å². The highest BCUT2D eigenvalue weighted by atomic mass is 19.1. The molecule has 2 amide bonds. The number of nitrogens with zero attached hydrogens (tertiary/aromatic N) is 1. The zero-order chi connectivity index (χ0) is 17.7. The summed E-state index contributed by atoms with van der Waals surface area (Å²) in [5.41, 5.74) is 3.62. The van der Waals surface area contributed by atoms with Gasteiger partial charge in [-0.1, -0.05) is 0 Å². The Bertz CT molecular complexity index is 748. The summed E-state index contributed by atoms with van der Waals surface area (Å²) in [6.07, 6.45) is 1.25. The van der Waals surface area contributed by atoms with Gasteiger partial charge in [0.25, 0.3) is 11.6 Å². The Kier molecular flexibility index (Phi) is 5.04. The van der Waals surface area contributed by atoms with Crippen LogP contribution in [0.2, 0.25) is 0 Å². The fourth-order valence-electron chi connectivity index (χ4n) is 1.69. The topological polar surface area (TPSA) is 140 Å². The maximum atomic E-state index is 13.5. The maximum Gasteiger partial charge on any atom is 0.356 e. The third-order valence-corrected chi connectivity index (χ3v) is 2.82. The van der Waals surface area contributed by atoms with Crippen molar-refractivity contribution in [1.82, 2.24) is 10.9 Å². The first-order chi connectivity index (χ1) is 11.4. The molecule has 0 saturated heterocycles. The number of hydrogen-bond acceptors (Lipinski definition) is 7. The van der Waals surface area contributed by atoms with Gasteiger partial charge in [0.1, 0.15) is 11.5 Å². The van der Waals surface area contributed by atoms with Gasteiger partial charge in [0, 0.05) is 18.6 Å². The zero-order valence-electron chi connectivity index (χ0n) is 12.0. The number of benzene rings is 1. The molecule has 1 aliphatic heterocycles. The number of amides is 2. The number of halogens is 1. The third kappa shape index (κ3) is 4.25. The molecule has 0 aliphatic carbocycles. The molecule has 0 spiro atoms. The normalized spacial score (nSPS) is 13.2. The lowest BCUT2D eigenvalue weighted by Gasteiger charge is -2.15. The number of anilines is 1. The van der Waals surface area contributed by atoms with Crippen LogP contribution >= 0.6 is 0 Å². The number of nitro benzene ring substituents is 1. The van der Waals surface area contributed by atoms with E-state index < -0.39 is 40.6 Å². The molecular weight excluding hydrogens is 327 g/mol. The second-order valence-corrected chi connectivity index (χ2v) is 4.54. The number of carbonyl (C=O) groups is 3. The van der Waals surface area contributed by atoms with Crippen LogP contribution in [0.1, 0.15) is 6.42 Å². The molecular formula is C13H11FN4O6. The summed E-state index contributed by atoms with van der Waals surface area (Å²) in [5.74, 6) is -3.00. The van der Waals surface area contributed by atoms with Crippen molar-refractivity contribution in [3.63, 3.8) is 0 Å². The highest BCUT2D eigenvalue weighted by Crippen LogP contribution is 2.21. The number of hydrogen-bond donors (Lipinski definition) is 3. The molecule has 11 heteroatoms. The smallest absolute Gasteiger partial charge is 0.356 e. The molecule has 1 aromatic carbocycles. The zero-order valence-corrected chi connectivity index (χ0v) is 12.0. The molecule has 24 heavy (non-hydrogen) atoms. The number of carbonyl (C=O) groups excluding carboxylic acids is 3. The first-order valence-corrected chi connectivity index (χ1v) is 6.52. The molecule has 0 unspecified atom stereocenters. The number of esters is 1. The van der Waals surface area contributed by atoms with E-state index in [-0.39, 0.29) is 18.0 Å². The van der Waals surface area contributed by atoms with E-state index in [4.69, 9.17) is 0 Å². The van der Waals surface area contributed by atoms with Gasteiger partial charge in [0.05, 0.1) is 10.6 Å². The lowest BCUT2D eigenvalue weighted by Crippen LogP contribution is -2.42. The van der Waals surface area contributed by atoms with Crippen molar-refractivity contribution in [2.45, 2.75) is 6.42 Å². The first kappa shape index (κ1) is 16.9. The fraction of sp³-hybridized carbons (Fsp3) is 0.154. The molecule has 126 valence electrons. The van der Waals surface area contributed by atoms with Crippen LogP contribution in [-0.4, -0.2) is 29.3 Å². The Balaban J connectivity index is 1.92. The average Bonchev–Trinajstić information content (AvgIpc) is 2.55. The van der Waals surface area contributed by atoms with E-state index in [0.717, 1.165) is 18.2 Å². The molecule has 0 bridgehead atoms.